The van der Waals surface area contributed by atoms with Crippen molar-refractivity contribution in [1.82, 2.24) is 9.97 Å². The second-order valence-corrected chi connectivity index (χ2v) is 6.39. The molecular weight excluding hydrogens is 340 g/mol. The lowest BCUT2D eigenvalue weighted by Crippen LogP contribution is -2.05. The normalized spacial score (nSPS) is 10.6. The van der Waals surface area contributed by atoms with Crippen LogP contribution >= 0.6 is 0 Å². The highest BCUT2D eigenvalue weighted by molar-refractivity contribution is 5.61. The van der Waals surface area contributed by atoms with E-state index in [2.05, 4.69) is 20.6 Å². The summed E-state index contributed by atoms with van der Waals surface area (Å²) in [6.07, 6.45) is 0.149. The molecule has 27 heavy (non-hydrogen) atoms. The van der Waals surface area contributed by atoms with Crippen molar-refractivity contribution in [3.8, 4) is 11.5 Å². The Morgan fingerprint density at radius 2 is 1.41 bits per heavy atom. The SMILES string of the molecule is COc1ccc(Nc2cc(C)nc(Nc3ccc(OC(C)C)cc3)n2)cc1. The lowest BCUT2D eigenvalue weighted by molar-refractivity contribution is 0.242. The van der Waals surface area contributed by atoms with Crippen molar-refractivity contribution >= 4 is 23.1 Å². The summed E-state index contributed by atoms with van der Waals surface area (Å²) in [7, 11) is 1.65. The van der Waals surface area contributed by atoms with Gasteiger partial charge in [0.25, 0.3) is 0 Å². The number of hydrogen-bond acceptors (Lipinski definition) is 6. The van der Waals surface area contributed by atoms with Crippen LogP contribution < -0.4 is 20.1 Å². The van der Waals surface area contributed by atoms with E-state index in [4.69, 9.17) is 9.47 Å². The Kier molecular flexibility index (Phi) is 5.76. The van der Waals surface area contributed by atoms with E-state index < -0.39 is 0 Å². The van der Waals surface area contributed by atoms with Gasteiger partial charge in [-0.25, -0.2) is 4.98 Å². The molecule has 0 saturated carbocycles. The topological polar surface area (TPSA) is 68.3 Å². The van der Waals surface area contributed by atoms with Crippen LogP contribution in [0.1, 0.15) is 19.5 Å². The van der Waals surface area contributed by atoms with Crippen LogP contribution in [0, 0.1) is 6.92 Å². The molecule has 6 nitrogen and oxygen atoms in total. The Labute approximate surface area is 159 Å². The lowest BCUT2D eigenvalue weighted by Gasteiger charge is -2.12. The van der Waals surface area contributed by atoms with Crippen LogP contribution in [-0.4, -0.2) is 23.2 Å². The standard InChI is InChI=1S/C21H24N4O2/c1-14(2)27-19-11-7-17(8-12-19)24-21-22-15(3)13-20(25-21)23-16-5-9-18(26-4)10-6-16/h5-14H,1-4H3,(H2,22,23,24,25). The van der Waals surface area contributed by atoms with Crippen molar-refractivity contribution in [2.24, 2.45) is 0 Å². The summed E-state index contributed by atoms with van der Waals surface area (Å²) in [6, 6.07) is 17.3. The van der Waals surface area contributed by atoms with Gasteiger partial charge in [0.1, 0.15) is 17.3 Å². The molecule has 140 valence electrons. The molecule has 1 aromatic heterocycles. The molecule has 0 aliphatic heterocycles. The monoisotopic (exact) mass is 364 g/mol. The van der Waals surface area contributed by atoms with E-state index in [1.54, 1.807) is 7.11 Å². The van der Waals surface area contributed by atoms with Gasteiger partial charge in [0.2, 0.25) is 5.95 Å². The molecule has 0 saturated heterocycles. The molecule has 2 N–H and O–H groups in total. The first-order valence-electron chi connectivity index (χ1n) is 8.82. The van der Waals surface area contributed by atoms with E-state index in [0.717, 1.165) is 34.4 Å². The quantitative estimate of drug-likeness (QED) is 0.610. The van der Waals surface area contributed by atoms with Gasteiger partial charge in [-0.2, -0.15) is 4.98 Å². The van der Waals surface area contributed by atoms with Gasteiger partial charge >= 0.3 is 0 Å². The minimum Gasteiger partial charge on any atom is -0.497 e. The average Bonchev–Trinajstić information content (AvgIpc) is 2.63. The first kappa shape index (κ1) is 18.5. The van der Waals surface area contributed by atoms with Crippen molar-refractivity contribution in [3.63, 3.8) is 0 Å². The summed E-state index contributed by atoms with van der Waals surface area (Å²) < 4.78 is 10.8. The largest absolute Gasteiger partial charge is 0.497 e. The van der Waals surface area contributed by atoms with Gasteiger partial charge in [-0.05, 0) is 69.3 Å². The highest BCUT2D eigenvalue weighted by Gasteiger charge is 2.05. The number of anilines is 4. The number of ether oxygens (including phenoxy) is 2. The Hall–Kier alpha value is -3.28. The van der Waals surface area contributed by atoms with Crippen molar-refractivity contribution < 1.29 is 9.47 Å². The fraction of sp³-hybridized carbons (Fsp3) is 0.238. The minimum absolute atomic E-state index is 0.149. The van der Waals surface area contributed by atoms with Crippen LogP contribution in [0.4, 0.5) is 23.1 Å². The second kappa shape index (κ2) is 8.40. The van der Waals surface area contributed by atoms with Gasteiger partial charge in [0, 0.05) is 23.1 Å². The summed E-state index contributed by atoms with van der Waals surface area (Å²) in [5.74, 6) is 2.90. The van der Waals surface area contributed by atoms with Gasteiger partial charge in [-0.15, -0.1) is 0 Å². The lowest BCUT2D eigenvalue weighted by atomic mass is 10.3. The van der Waals surface area contributed by atoms with Crippen LogP contribution in [-0.2, 0) is 0 Å². The summed E-state index contributed by atoms with van der Waals surface area (Å²) >= 11 is 0. The number of hydrogen-bond donors (Lipinski definition) is 2. The van der Waals surface area contributed by atoms with E-state index >= 15 is 0 Å². The third-order valence-corrected chi connectivity index (χ3v) is 3.70. The summed E-state index contributed by atoms with van der Waals surface area (Å²) in [5, 5.41) is 6.52. The maximum atomic E-state index is 5.66. The Bertz CT molecular complexity index is 878. The van der Waals surface area contributed by atoms with Gasteiger partial charge in [-0.3, -0.25) is 0 Å². The minimum atomic E-state index is 0.149. The van der Waals surface area contributed by atoms with Crippen molar-refractivity contribution in [2.75, 3.05) is 17.7 Å². The smallest absolute Gasteiger partial charge is 0.229 e. The van der Waals surface area contributed by atoms with Crippen molar-refractivity contribution in [2.45, 2.75) is 26.9 Å². The molecular formula is C21H24N4O2. The predicted octanol–water partition coefficient (Wildman–Crippen LogP) is 5.07. The molecule has 0 fully saturated rings. The third kappa shape index (κ3) is 5.34. The van der Waals surface area contributed by atoms with E-state index in [1.807, 2.05) is 75.4 Å². The molecule has 0 aliphatic rings. The zero-order valence-electron chi connectivity index (χ0n) is 16.0. The number of nitrogens with one attached hydrogen (secondary N) is 2. The first-order valence-corrected chi connectivity index (χ1v) is 8.82. The molecule has 0 aliphatic carbocycles. The number of nitrogens with zero attached hydrogens (tertiary/aromatic N) is 2. The Morgan fingerprint density at radius 1 is 0.815 bits per heavy atom. The zero-order valence-corrected chi connectivity index (χ0v) is 16.0. The Balaban J connectivity index is 1.72. The Morgan fingerprint density at radius 3 is 2.00 bits per heavy atom. The molecule has 0 amide bonds. The van der Waals surface area contributed by atoms with Gasteiger partial charge in [0.05, 0.1) is 13.2 Å². The van der Waals surface area contributed by atoms with E-state index in [0.29, 0.717) is 5.95 Å². The number of aryl methyl sites for hydroxylation is 1. The number of benzene rings is 2. The number of rotatable bonds is 7. The predicted molar refractivity (Wildman–Crippen MR) is 109 cm³/mol. The van der Waals surface area contributed by atoms with Gasteiger partial charge in [-0.1, -0.05) is 0 Å². The van der Waals surface area contributed by atoms with Crippen molar-refractivity contribution in [3.05, 3.63) is 60.3 Å². The van der Waals surface area contributed by atoms with Crippen LogP contribution in [0.3, 0.4) is 0 Å². The average molecular weight is 364 g/mol. The summed E-state index contributed by atoms with van der Waals surface area (Å²) in [6.45, 7) is 5.94. The second-order valence-electron chi connectivity index (χ2n) is 6.39. The molecule has 3 rings (SSSR count). The molecule has 0 spiro atoms. The van der Waals surface area contributed by atoms with Crippen molar-refractivity contribution in [1.29, 1.82) is 0 Å². The molecule has 1 heterocycles. The molecule has 0 atom stereocenters. The highest BCUT2D eigenvalue weighted by atomic mass is 16.5. The molecule has 6 heteroatoms. The van der Waals surface area contributed by atoms with E-state index in [1.165, 1.54) is 0 Å². The molecule has 3 aromatic rings. The molecule has 0 bridgehead atoms. The number of methoxy groups -OCH3 is 1. The highest BCUT2D eigenvalue weighted by Crippen LogP contribution is 2.22. The zero-order chi connectivity index (χ0) is 19.2. The summed E-state index contributed by atoms with van der Waals surface area (Å²) in [5.41, 5.74) is 2.69. The van der Waals surface area contributed by atoms with Gasteiger partial charge < -0.3 is 20.1 Å². The summed E-state index contributed by atoms with van der Waals surface area (Å²) in [4.78, 5) is 9.00. The fourth-order valence-corrected chi connectivity index (χ4v) is 2.53. The molecule has 0 unspecified atom stereocenters. The third-order valence-electron chi connectivity index (χ3n) is 3.70. The molecule has 2 aromatic carbocycles. The fourth-order valence-electron chi connectivity index (χ4n) is 2.53. The maximum Gasteiger partial charge on any atom is 0.229 e. The van der Waals surface area contributed by atoms with Crippen LogP contribution in [0.15, 0.2) is 54.6 Å². The van der Waals surface area contributed by atoms with E-state index in [9.17, 15) is 0 Å². The van der Waals surface area contributed by atoms with Crippen LogP contribution in [0.25, 0.3) is 0 Å². The number of aromatic nitrogens is 2. The van der Waals surface area contributed by atoms with E-state index in [-0.39, 0.29) is 6.10 Å². The first-order chi connectivity index (χ1) is 13.0. The maximum absolute atomic E-state index is 5.66. The van der Waals surface area contributed by atoms with Crippen LogP contribution in [0.5, 0.6) is 11.5 Å². The molecule has 0 radical (unpaired) electrons. The van der Waals surface area contributed by atoms with Crippen LogP contribution in [0.2, 0.25) is 0 Å². The van der Waals surface area contributed by atoms with Gasteiger partial charge in [0.15, 0.2) is 0 Å².